The molecule has 0 aliphatic carbocycles. The van der Waals surface area contributed by atoms with Crippen LogP contribution in [0.5, 0.6) is 5.75 Å². The zero-order chi connectivity index (χ0) is 22.9. The van der Waals surface area contributed by atoms with Gasteiger partial charge in [0, 0.05) is 32.3 Å². The molecular weight excluding hydrogens is 436 g/mol. The summed E-state index contributed by atoms with van der Waals surface area (Å²) in [6.07, 6.45) is 4.36. The van der Waals surface area contributed by atoms with Crippen LogP contribution in [0.3, 0.4) is 0 Å². The number of anilines is 1. The third kappa shape index (κ3) is 5.78. The summed E-state index contributed by atoms with van der Waals surface area (Å²) in [5.41, 5.74) is 0.822. The molecule has 1 fully saturated rings. The molecule has 32 heavy (non-hydrogen) atoms. The summed E-state index contributed by atoms with van der Waals surface area (Å²) < 4.78 is 8.20. The number of hydrogen-bond acceptors (Lipinski definition) is 8. The lowest BCUT2D eigenvalue weighted by molar-refractivity contribution is -0.126. The number of carbonyl (C=O) groups is 3. The molecule has 1 saturated heterocycles. The predicted molar refractivity (Wildman–Crippen MR) is 118 cm³/mol. The van der Waals surface area contributed by atoms with E-state index >= 15 is 0 Å². The fourth-order valence-electron chi connectivity index (χ4n) is 3.28. The molecular formula is C20H24N6O5S. The normalized spacial score (nSPS) is 15.3. The number of benzene rings is 1. The van der Waals surface area contributed by atoms with Gasteiger partial charge in [-0.15, -0.1) is 5.10 Å². The fourth-order valence-corrected chi connectivity index (χ4v) is 4.30. The second kappa shape index (κ2) is 11.2. The molecule has 12 heteroatoms. The second-order valence-corrected chi connectivity index (χ2v) is 7.89. The van der Waals surface area contributed by atoms with Crippen molar-refractivity contribution in [1.29, 1.82) is 0 Å². The molecule has 0 bridgehead atoms. The first kappa shape index (κ1) is 23.1. The Morgan fingerprint density at radius 3 is 2.97 bits per heavy atom. The summed E-state index contributed by atoms with van der Waals surface area (Å²) >= 11 is 1.44. The van der Waals surface area contributed by atoms with Gasteiger partial charge in [-0.2, -0.15) is 0 Å². The number of fused-ring (bicyclic) bond motifs is 1. The van der Waals surface area contributed by atoms with Crippen LogP contribution in [0.25, 0.3) is 10.2 Å². The average molecular weight is 461 g/mol. The van der Waals surface area contributed by atoms with Gasteiger partial charge in [0.25, 0.3) is 6.47 Å². The zero-order valence-corrected chi connectivity index (χ0v) is 18.3. The molecule has 170 valence electrons. The first-order valence-corrected chi connectivity index (χ1v) is 10.9. The quantitative estimate of drug-likeness (QED) is 0.381. The van der Waals surface area contributed by atoms with E-state index in [9.17, 15) is 9.59 Å². The van der Waals surface area contributed by atoms with Gasteiger partial charge in [0.15, 0.2) is 5.13 Å². The standard InChI is InChI=1S/C19H22N6O3S.CH2O2/c1-2-28-14-4-5-15-16(11-14)29-19(22-15)25-12-13(10-17(25)26)18(27)20-6-3-8-24-9-7-21-23-24;2-1-3/h4-5,7,9,11,13H,2-3,6,8,10,12H2,1H3,(H,20,27);1H,(H,2,3). The van der Waals surface area contributed by atoms with Crippen LogP contribution in [-0.2, 0) is 20.9 Å². The van der Waals surface area contributed by atoms with Crippen LogP contribution >= 0.6 is 11.3 Å². The summed E-state index contributed by atoms with van der Waals surface area (Å²) in [4.78, 5) is 39.5. The van der Waals surface area contributed by atoms with Gasteiger partial charge in [0.1, 0.15) is 5.75 Å². The molecule has 1 atom stereocenters. The van der Waals surface area contributed by atoms with Crippen molar-refractivity contribution in [1.82, 2.24) is 25.3 Å². The Kier molecular flexibility index (Phi) is 8.08. The van der Waals surface area contributed by atoms with Gasteiger partial charge < -0.3 is 15.2 Å². The first-order chi connectivity index (χ1) is 15.5. The summed E-state index contributed by atoms with van der Waals surface area (Å²) in [5.74, 6) is 0.252. The van der Waals surface area contributed by atoms with Crippen LogP contribution < -0.4 is 15.0 Å². The zero-order valence-electron chi connectivity index (χ0n) is 17.5. The van der Waals surface area contributed by atoms with E-state index in [1.807, 2.05) is 25.1 Å². The van der Waals surface area contributed by atoms with Crippen LogP contribution in [0.15, 0.2) is 30.6 Å². The topological polar surface area (TPSA) is 140 Å². The molecule has 2 aromatic heterocycles. The molecule has 0 radical (unpaired) electrons. The number of rotatable bonds is 8. The number of aromatic nitrogens is 4. The van der Waals surface area contributed by atoms with Gasteiger partial charge in [-0.1, -0.05) is 16.6 Å². The van der Waals surface area contributed by atoms with Crippen LogP contribution in [0.4, 0.5) is 5.13 Å². The maximum absolute atomic E-state index is 12.5. The smallest absolute Gasteiger partial charge is 0.290 e. The third-order valence-electron chi connectivity index (χ3n) is 4.72. The van der Waals surface area contributed by atoms with Crippen molar-refractivity contribution < 1.29 is 24.2 Å². The fraction of sp³-hybridized carbons (Fsp3) is 0.400. The number of ether oxygens (including phenoxy) is 1. The molecule has 0 spiro atoms. The van der Waals surface area contributed by atoms with E-state index < -0.39 is 0 Å². The summed E-state index contributed by atoms with van der Waals surface area (Å²) in [6.45, 7) is 3.85. The molecule has 1 aliphatic heterocycles. The Hall–Kier alpha value is -3.54. The highest BCUT2D eigenvalue weighted by Crippen LogP contribution is 2.34. The predicted octanol–water partition coefficient (Wildman–Crippen LogP) is 1.55. The maximum Gasteiger partial charge on any atom is 0.290 e. The first-order valence-electron chi connectivity index (χ1n) is 10.1. The van der Waals surface area contributed by atoms with Gasteiger partial charge in [-0.05, 0) is 31.5 Å². The Morgan fingerprint density at radius 2 is 2.25 bits per heavy atom. The Balaban J connectivity index is 0.000000913. The Labute approximate surface area is 188 Å². The van der Waals surface area contributed by atoms with Crippen LogP contribution in [0.2, 0.25) is 0 Å². The van der Waals surface area contributed by atoms with Crippen LogP contribution in [0, 0.1) is 5.92 Å². The molecule has 2 amide bonds. The van der Waals surface area contributed by atoms with Gasteiger partial charge in [0.05, 0.1) is 28.9 Å². The molecule has 11 nitrogen and oxygen atoms in total. The van der Waals surface area contributed by atoms with Gasteiger partial charge >= 0.3 is 0 Å². The number of thiazole rings is 1. The summed E-state index contributed by atoms with van der Waals surface area (Å²) in [7, 11) is 0. The van der Waals surface area contributed by atoms with E-state index in [-0.39, 0.29) is 30.6 Å². The molecule has 3 aromatic rings. The number of nitrogens with zero attached hydrogens (tertiary/aromatic N) is 5. The largest absolute Gasteiger partial charge is 0.494 e. The number of amides is 2. The van der Waals surface area contributed by atoms with Crippen molar-refractivity contribution in [2.45, 2.75) is 26.3 Å². The van der Waals surface area contributed by atoms with Crippen molar-refractivity contribution in [2.75, 3.05) is 24.6 Å². The van der Waals surface area contributed by atoms with E-state index in [1.54, 1.807) is 22.0 Å². The minimum Gasteiger partial charge on any atom is -0.494 e. The molecule has 1 aromatic carbocycles. The molecule has 0 saturated carbocycles. The van der Waals surface area contributed by atoms with Gasteiger partial charge in [-0.25, -0.2) is 4.98 Å². The van der Waals surface area contributed by atoms with Crippen molar-refractivity contribution in [2.24, 2.45) is 5.92 Å². The summed E-state index contributed by atoms with van der Waals surface area (Å²) in [5, 5.41) is 18.1. The number of hydrogen-bond donors (Lipinski definition) is 2. The van der Waals surface area contributed by atoms with Crippen molar-refractivity contribution in [3.8, 4) is 5.75 Å². The Morgan fingerprint density at radius 1 is 1.44 bits per heavy atom. The molecule has 1 aliphatic rings. The number of carboxylic acid groups (broad SMARTS) is 1. The highest BCUT2D eigenvalue weighted by atomic mass is 32.1. The van der Waals surface area contributed by atoms with Crippen molar-refractivity contribution in [3.05, 3.63) is 30.6 Å². The molecule has 3 heterocycles. The molecule has 4 rings (SSSR count). The van der Waals surface area contributed by atoms with Crippen LogP contribution in [0.1, 0.15) is 19.8 Å². The lowest BCUT2D eigenvalue weighted by Crippen LogP contribution is -2.33. The lowest BCUT2D eigenvalue weighted by atomic mass is 10.1. The van der Waals surface area contributed by atoms with E-state index in [0.717, 1.165) is 22.4 Å². The number of carbonyl (C=O) groups excluding carboxylic acids is 2. The van der Waals surface area contributed by atoms with Crippen molar-refractivity contribution in [3.63, 3.8) is 0 Å². The highest BCUT2D eigenvalue weighted by Gasteiger charge is 2.36. The van der Waals surface area contributed by atoms with E-state index in [0.29, 0.717) is 31.4 Å². The van der Waals surface area contributed by atoms with E-state index in [2.05, 4.69) is 20.6 Å². The molecule has 2 N–H and O–H groups in total. The van der Waals surface area contributed by atoms with E-state index in [4.69, 9.17) is 14.6 Å². The minimum atomic E-state index is -0.361. The van der Waals surface area contributed by atoms with Gasteiger partial charge in [0.2, 0.25) is 11.8 Å². The Bertz CT molecular complexity index is 1050. The van der Waals surface area contributed by atoms with E-state index in [1.165, 1.54) is 11.3 Å². The maximum atomic E-state index is 12.5. The van der Waals surface area contributed by atoms with Crippen molar-refractivity contribution >= 4 is 45.0 Å². The third-order valence-corrected chi connectivity index (χ3v) is 5.76. The lowest BCUT2D eigenvalue weighted by Gasteiger charge is -2.13. The molecule has 1 unspecified atom stereocenters. The average Bonchev–Trinajstić information content (AvgIpc) is 3.51. The number of aryl methyl sites for hydroxylation is 1. The second-order valence-electron chi connectivity index (χ2n) is 6.88. The number of nitrogens with one attached hydrogen (secondary N) is 1. The highest BCUT2D eigenvalue weighted by molar-refractivity contribution is 7.22. The summed E-state index contributed by atoms with van der Waals surface area (Å²) in [6, 6.07) is 5.69. The minimum absolute atomic E-state index is 0.0724. The van der Waals surface area contributed by atoms with Crippen LogP contribution in [-0.4, -0.2) is 63.1 Å². The van der Waals surface area contributed by atoms with Gasteiger partial charge in [-0.3, -0.25) is 24.0 Å². The monoisotopic (exact) mass is 460 g/mol. The SMILES string of the molecule is CCOc1ccc2nc(N3CC(C(=O)NCCCn4ccnn4)CC3=O)sc2c1.O=CO.